The number of hydrogen-bond donors (Lipinski definition) is 1. The largest absolute Gasteiger partial charge is 0.454 e. The molecule has 7 nitrogen and oxygen atoms in total. The summed E-state index contributed by atoms with van der Waals surface area (Å²) in [5.41, 5.74) is 3.20. The van der Waals surface area contributed by atoms with Crippen LogP contribution in [0.25, 0.3) is 6.08 Å². The highest BCUT2D eigenvalue weighted by Crippen LogP contribution is 2.36. The third-order valence-corrected chi connectivity index (χ3v) is 5.73. The first kappa shape index (κ1) is 20.0. The molecule has 2 aromatic carbocycles. The number of nitrogens with zero attached hydrogens (tertiary/aromatic N) is 1. The highest BCUT2D eigenvalue weighted by Gasteiger charge is 2.34. The lowest BCUT2D eigenvalue weighted by molar-refractivity contribution is -0.122. The van der Waals surface area contributed by atoms with Gasteiger partial charge in [-0.05, 0) is 61.0 Å². The fraction of sp³-hybridized carbons (Fsp3) is 0.227. The molecule has 2 aliphatic heterocycles. The van der Waals surface area contributed by atoms with Gasteiger partial charge < -0.3 is 14.8 Å². The Bertz CT molecular complexity index is 1080. The predicted molar refractivity (Wildman–Crippen MR) is 113 cm³/mol. The van der Waals surface area contributed by atoms with Gasteiger partial charge in [-0.15, -0.1) is 0 Å². The molecule has 8 heteroatoms. The van der Waals surface area contributed by atoms with Crippen LogP contribution in [0.15, 0.2) is 41.3 Å². The van der Waals surface area contributed by atoms with Crippen molar-refractivity contribution in [1.29, 1.82) is 0 Å². The molecule has 0 unspecified atom stereocenters. The number of amides is 3. The summed E-state index contributed by atoms with van der Waals surface area (Å²) < 4.78 is 10.6. The van der Waals surface area contributed by atoms with Gasteiger partial charge in [-0.25, -0.2) is 0 Å². The first-order valence-electron chi connectivity index (χ1n) is 9.43. The second kappa shape index (κ2) is 8.23. The smallest absolute Gasteiger partial charge is 0.293 e. The zero-order valence-electron chi connectivity index (χ0n) is 16.6. The van der Waals surface area contributed by atoms with Crippen molar-refractivity contribution < 1.29 is 23.9 Å². The molecule has 3 amide bonds. The van der Waals surface area contributed by atoms with E-state index in [1.807, 2.05) is 32.0 Å². The minimum atomic E-state index is -0.372. The fourth-order valence-electron chi connectivity index (χ4n) is 3.20. The lowest BCUT2D eigenvalue weighted by Crippen LogP contribution is -2.37. The topological polar surface area (TPSA) is 84.9 Å². The number of imide groups is 1. The summed E-state index contributed by atoms with van der Waals surface area (Å²) >= 11 is 0.883. The van der Waals surface area contributed by atoms with E-state index >= 15 is 0 Å². The van der Waals surface area contributed by atoms with Crippen LogP contribution in [0.5, 0.6) is 11.5 Å². The second-order valence-electron chi connectivity index (χ2n) is 7.02. The summed E-state index contributed by atoms with van der Waals surface area (Å²) in [6, 6.07) is 11.0. The van der Waals surface area contributed by atoms with E-state index in [9.17, 15) is 14.4 Å². The number of benzene rings is 2. The van der Waals surface area contributed by atoms with Crippen LogP contribution in [-0.4, -0.2) is 41.8 Å². The van der Waals surface area contributed by atoms with Gasteiger partial charge in [0.15, 0.2) is 11.5 Å². The first-order valence-corrected chi connectivity index (χ1v) is 10.2. The number of hydrogen-bond acceptors (Lipinski definition) is 6. The van der Waals surface area contributed by atoms with Gasteiger partial charge in [0.25, 0.3) is 17.1 Å². The molecule has 1 fully saturated rings. The van der Waals surface area contributed by atoms with Gasteiger partial charge in [-0.1, -0.05) is 23.8 Å². The molecule has 0 radical (unpaired) electrons. The van der Waals surface area contributed by atoms with Crippen molar-refractivity contribution in [2.75, 3.05) is 19.9 Å². The molecular weight excluding hydrogens is 404 g/mol. The van der Waals surface area contributed by atoms with Crippen LogP contribution in [0, 0.1) is 13.8 Å². The van der Waals surface area contributed by atoms with Crippen molar-refractivity contribution in [3.05, 3.63) is 63.6 Å². The molecule has 0 bridgehead atoms. The average molecular weight is 424 g/mol. The molecule has 30 heavy (non-hydrogen) atoms. The second-order valence-corrected chi connectivity index (χ2v) is 8.01. The van der Waals surface area contributed by atoms with Crippen molar-refractivity contribution in [2.45, 2.75) is 13.8 Å². The summed E-state index contributed by atoms with van der Waals surface area (Å²) in [5.74, 6) is 0.666. The number of rotatable bonds is 5. The summed E-state index contributed by atoms with van der Waals surface area (Å²) in [6.07, 6.45) is 1.65. The van der Waals surface area contributed by atoms with Gasteiger partial charge in [0, 0.05) is 18.7 Å². The SMILES string of the molecule is Cc1ccc(C)c(C(=O)NCCN2C(=O)S/C(=C\c3ccc4c(c3)OCO4)C2=O)c1. The van der Waals surface area contributed by atoms with Crippen LogP contribution in [0.3, 0.4) is 0 Å². The van der Waals surface area contributed by atoms with E-state index in [4.69, 9.17) is 9.47 Å². The zero-order valence-corrected chi connectivity index (χ0v) is 17.4. The molecule has 0 atom stereocenters. The quantitative estimate of drug-likeness (QED) is 0.740. The normalized spacial score (nSPS) is 16.5. The first-order chi connectivity index (χ1) is 14.4. The van der Waals surface area contributed by atoms with Gasteiger partial charge in [-0.2, -0.15) is 0 Å². The van der Waals surface area contributed by atoms with Gasteiger partial charge >= 0.3 is 0 Å². The average Bonchev–Trinajstić information content (AvgIpc) is 3.29. The molecule has 0 aliphatic carbocycles. The Labute approximate surface area is 178 Å². The lowest BCUT2D eigenvalue weighted by Gasteiger charge is -2.13. The Morgan fingerprint density at radius 2 is 1.93 bits per heavy atom. The van der Waals surface area contributed by atoms with Crippen LogP contribution >= 0.6 is 11.8 Å². The Kier molecular flexibility index (Phi) is 5.50. The van der Waals surface area contributed by atoms with E-state index in [1.165, 1.54) is 0 Å². The van der Waals surface area contributed by atoms with Gasteiger partial charge in [-0.3, -0.25) is 19.3 Å². The Morgan fingerprint density at radius 3 is 2.77 bits per heavy atom. The van der Waals surface area contributed by atoms with Crippen LogP contribution in [0.2, 0.25) is 0 Å². The molecule has 2 aliphatic rings. The van der Waals surface area contributed by atoms with E-state index in [0.29, 0.717) is 22.0 Å². The molecular formula is C22H20N2O5S. The molecule has 0 spiro atoms. The molecule has 2 aromatic rings. The van der Waals surface area contributed by atoms with Crippen molar-refractivity contribution in [3.63, 3.8) is 0 Å². The van der Waals surface area contributed by atoms with Crippen molar-refractivity contribution in [3.8, 4) is 11.5 Å². The number of aryl methyl sites for hydroxylation is 2. The molecule has 1 saturated heterocycles. The maximum absolute atomic E-state index is 12.6. The van der Waals surface area contributed by atoms with E-state index in [2.05, 4.69) is 5.32 Å². The number of fused-ring (bicyclic) bond motifs is 1. The van der Waals surface area contributed by atoms with Crippen LogP contribution < -0.4 is 14.8 Å². The van der Waals surface area contributed by atoms with Crippen LogP contribution in [0.1, 0.15) is 27.0 Å². The van der Waals surface area contributed by atoms with Crippen LogP contribution in [0.4, 0.5) is 4.79 Å². The van der Waals surface area contributed by atoms with Crippen molar-refractivity contribution in [2.24, 2.45) is 0 Å². The van der Waals surface area contributed by atoms with Crippen molar-refractivity contribution in [1.82, 2.24) is 10.2 Å². The van der Waals surface area contributed by atoms with Crippen molar-refractivity contribution >= 4 is 34.9 Å². The standard InChI is InChI=1S/C22H20N2O5S/c1-13-3-4-14(2)16(9-13)20(25)23-7-8-24-21(26)19(30-22(24)27)11-15-5-6-17-18(10-15)29-12-28-17/h3-6,9-11H,7-8,12H2,1-2H3,(H,23,25)/b19-11-. The Hall–Kier alpha value is -3.26. The highest BCUT2D eigenvalue weighted by molar-refractivity contribution is 8.18. The van der Waals surface area contributed by atoms with Crippen LogP contribution in [-0.2, 0) is 4.79 Å². The molecule has 2 heterocycles. The van der Waals surface area contributed by atoms with Gasteiger partial charge in [0.05, 0.1) is 4.91 Å². The summed E-state index contributed by atoms with van der Waals surface area (Å²) in [7, 11) is 0. The van der Waals surface area contributed by atoms with E-state index in [1.54, 1.807) is 24.3 Å². The van der Waals surface area contributed by atoms with E-state index < -0.39 is 0 Å². The Morgan fingerprint density at radius 1 is 1.13 bits per heavy atom. The number of carbonyl (C=O) groups excluding carboxylic acids is 3. The maximum atomic E-state index is 12.6. The molecule has 0 saturated carbocycles. The zero-order chi connectivity index (χ0) is 21.3. The third-order valence-electron chi connectivity index (χ3n) is 4.83. The van der Waals surface area contributed by atoms with Gasteiger partial charge in [0.1, 0.15) is 0 Å². The number of carbonyl (C=O) groups is 3. The summed E-state index contributed by atoms with van der Waals surface area (Å²) in [4.78, 5) is 38.8. The molecule has 0 aromatic heterocycles. The number of nitrogens with one attached hydrogen (secondary N) is 1. The van der Waals surface area contributed by atoms with E-state index in [-0.39, 0.29) is 36.9 Å². The molecule has 154 valence electrons. The molecule has 1 N–H and O–H groups in total. The number of thioether (sulfide) groups is 1. The molecule has 4 rings (SSSR count). The summed E-state index contributed by atoms with van der Waals surface area (Å²) in [6.45, 7) is 4.25. The minimum absolute atomic E-state index is 0.111. The maximum Gasteiger partial charge on any atom is 0.293 e. The lowest BCUT2D eigenvalue weighted by atomic mass is 10.1. The summed E-state index contributed by atoms with van der Waals surface area (Å²) in [5, 5.41) is 2.43. The van der Waals surface area contributed by atoms with Gasteiger partial charge in [0.2, 0.25) is 6.79 Å². The highest BCUT2D eigenvalue weighted by atomic mass is 32.2. The Balaban J connectivity index is 1.38. The minimum Gasteiger partial charge on any atom is -0.454 e. The third kappa shape index (κ3) is 4.04. The predicted octanol–water partition coefficient (Wildman–Crippen LogP) is 3.50. The number of ether oxygens (including phenoxy) is 2. The fourth-order valence-corrected chi connectivity index (χ4v) is 4.07. The van der Waals surface area contributed by atoms with E-state index in [0.717, 1.165) is 33.4 Å². The monoisotopic (exact) mass is 424 g/mol.